The number of rotatable bonds is 5. The van der Waals surface area contributed by atoms with Crippen LogP contribution in [0.25, 0.3) is 0 Å². The zero-order valence-electron chi connectivity index (χ0n) is 9.53. The quantitative estimate of drug-likeness (QED) is 0.830. The van der Waals surface area contributed by atoms with E-state index in [9.17, 15) is 4.79 Å². The molecule has 4 heteroatoms. The smallest absolute Gasteiger partial charge is 0.234 e. The highest BCUT2D eigenvalue weighted by atomic mass is 35.5. The van der Waals surface area contributed by atoms with E-state index in [0.717, 1.165) is 5.56 Å². The molecule has 0 bridgehead atoms. The zero-order valence-corrected chi connectivity index (χ0v) is 10.3. The van der Waals surface area contributed by atoms with Crippen LogP contribution in [0.15, 0.2) is 24.3 Å². The van der Waals surface area contributed by atoms with Gasteiger partial charge in [0.1, 0.15) is 0 Å². The third-order valence-corrected chi connectivity index (χ3v) is 2.82. The largest absolute Gasteiger partial charge is 0.368 e. The molecule has 3 N–H and O–H groups in total. The molecule has 0 spiro atoms. The van der Waals surface area contributed by atoms with Gasteiger partial charge >= 0.3 is 0 Å². The van der Waals surface area contributed by atoms with E-state index in [1.165, 1.54) is 0 Å². The highest BCUT2D eigenvalue weighted by molar-refractivity contribution is 6.30. The molecule has 1 aromatic rings. The van der Waals surface area contributed by atoms with E-state index < -0.39 is 0 Å². The average molecular weight is 241 g/mol. The molecule has 16 heavy (non-hydrogen) atoms. The lowest BCUT2D eigenvalue weighted by Crippen LogP contribution is -2.41. The van der Waals surface area contributed by atoms with E-state index in [0.29, 0.717) is 11.4 Å². The van der Waals surface area contributed by atoms with Crippen molar-refractivity contribution in [3.8, 4) is 0 Å². The fourth-order valence-corrected chi connectivity index (χ4v) is 1.68. The van der Waals surface area contributed by atoms with E-state index in [1.54, 1.807) is 0 Å². The summed E-state index contributed by atoms with van der Waals surface area (Å²) in [5.74, 6) is -0.316. The minimum Gasteiger partial charge on any atom is -0.368 e. The molecule has 0 heterocycles. The Morgan fingerprint density at radius 1 is 1.44 bits per heavy atom. The summed E-state index contributed by atoms with van der Waals surface area (Å²) in [6.45, 7) is 3.92. The number of carbonyl (C=O) groups is 1. The van der Waals surface area contributed by atoms with Crippen molar-refractivity contribution in [3.05, 3.63) is 34.9 Å². The van der Waals surface area contributed by atoms with E-state index >= 15 is 0 Å². The topological polar surface area (TPSA) is 55.1 Å². The summed E-state index contributed by atoms with van der Waals surface area (Å²) < 4.78 is 0. The molecule has 1 unspecified atom stereocenters. The number of hydrogen-bond donors (Lipinski definition) is 2. The molecule has 0 aliphatic carbocycles. The SMILES string of the molecule is CCC(N[C@@H](C)c1ccc(Cl)cc1)C(N)=O. The lowest BCUT2D eigenvalue weighted by atomic mass is 10.1. The summed E-state index contributed by atoms with van der Waals surface area (Å²) in [6.07, 6.45) is 0.688. The van der Waals surface area contributed by atoms with Crippen molar-refractivity contribution in [2.75, 3.05) is 0 Å². The van der Waals surface area contributed by atoms with Crippen LogP contribution in [-0.2, 0) is 4.79 Å². The van der Waals surface area contributed by atoms with Gasteiger partial charge in [0.2, 0.25) is 5.91 Å². The van der Waals surface area contributed by atoms with Gasteiger partial charge in [-0.2, -0.15) is 0 Å². The van der Waals surface area contributed by atoms with Gasteiger partial charge in [0, 0.05) is 11.1 Å². The van der Waals surface area contributed by atoms with Gasteiger partial charge in [-0.05, 0) is 31.0 Å². The van der Waals surface area contributed by atoms with Crippen molar-refractivity contribution < 1.29 is 4.79 Å². The maximum absolute atomic E-state index is 11.1. The third kappa shape index (κ3) is 3.51. The van der Waals surface area contributed by atoms with Gasteiger partial charge in [0.25, 0.3) is 0 Å². The van der Waals surface area contributed by atoms with Crippen LogP contribution >= 0.6 is 11.6 Å². The summed E-state index contributed by atoms with van der Waals surface area (Å²) in [6, 6.07) is 7.34. The van der Waals surface area contributed by atoms with Crippen LogP contribution in [0.1, 0.15) is 31.9 Å². The number of hydrogen-bond acceptors (Lipinski definition) is 2. The highest BCUT2D eigenvalue weighted by Gasteiger charge is 2.16. The van der Waals surface area contributed by atoms with Crippen molar-refractivity contribution in [1.29, 1.82) is 0 Å². The van der Waals surface area contributed by atoms with Gasteiger partial charge in [-0.1, -0.05) is 30.7 Å². The molecule has 0 saturated heterocycles. The molecule has 3 nitrogen and oxygen atoms in total. The fraction of sp³-hybridized carbons (Fsp3) is 0.417. The van der Waals surface area contributed by atoms with Gasteiger partial charge in [-0.25, -0.2) is 0 Å². The van der Waals surface area contributed by atoms with E-state index in [-0.39, 0.29) is 18.0 Å². The first-order valence-corrected chi connectivity index (χ1v) is 5.73. The van der Waals surface area contributed by atoms with Crippen molar-refractivity contribution in [3.63, 3.8) is 0 Å². The molecule has 2 atom stereocenters. The molecular formula is C12H17ClN2O. The summed E-state index contributed by atoms with van der Waals surface area (Å²) in [4.78, 5) is 11.1. The maximum atomic E-state index is 11.1. The first-order chi connectivity index (χ1) is 7.54. The molecule has 1 rings (SSSR count). The van der Waals surface area contributed by atoms with Crippen molar-refractivity contribution >= 4 is 17.5 Å². The van der Waals surface area contributed by atoms with Crippen LogP contribution in [0.3, 0.4) is 0 Å². The Hall–Kier alpha value is -1.06. The molecule has 0 radical (unpaired) electrons. The summed E-state index contributed by atoms with van der Waals surface area (Å²) >= 11 is 5.81. The number of nitrogens with one attached hydrogen (secondary N) is 1. The summed E-state index contributed by atoms with van der Waals surface area (Å²) in [5, 5.41) is 3.89. The van der Waals surface area contributed by atoms with Gasteiger partial charge in [0.05, 0.1) is 6.04 Å². The second-order valence-electron chi connectivity index (χ2n) is 3.80. The molecule has 0 aliphatic rings. The second kappa shape index (κ2) is 5.87. The molecule has 0 aromatic heterocycles. The minimum atomic E-state index is -0.316. The van der Waals surface area contributed by atoms with Crippen LogP contribution in [0.4, 0.5) is 0 Å². The Morgan fingerprint density at radius 2 is 2.00 bits per heavy atom. The summed E-state index contributed by atoms with van der Waals surface area (Å²) in [7, 11) is 0. The standard InChI is InChI=1S/C12H17ClN2O/c1-3-11(12(14)16)15-8(2)9-4-6-10(13)7-5-9/h4-8,11,15H,3H2,1-2H3,(H2,14,16)/t8-,11?/m0/s1. The third-order valence-electron chi connectivity index (χ3n) is 2.57. The number of primary amides is 1. The summed E-state index contributed by atoms with van der Waals surface area (Å²) in [5.41, 5.74) is 6.36. The average Bonchev–Trinajstić information content (AvgIpc) is 2.26. The number of carbonyl (C=O) groups excluding carboxylic acids is 1. The predicted molar refractivity (Wildman–Crippen MR) is 66.3 cm³/mol. The first kappa shape index (κ1) is 13.0. The fourth-order valence-electron chi connectivity index (χ4n) is 1.55. The Kier molecular flexibility index (Phi) is 4.77. The van der Waals surface area contributed by atoms with Crippen LogP contribution in [0.2, 0.25) is 5.02 Å². The number of halogens is 1. The zero-order chi connectivity index (χ0) is 12.1. The van der Waals surface area contributed by atoms with E-state index in [2.05, 4.69) is 5.32 Å². The Morgan fingerprint density at radius 3 is 2.44 bits per heavy atom. The van der Waals surface area contributed by atoms with E-state index in [1.807, 2.05) is 38.1 Å². The number of benzene rings is 1. The minimum absolute atomic E-state index is 0.0784. The van der Waals surface area contributed by atoms with Crippen molar-refractivity contribution in [1.82, 2.24) is 5.32 Å². The van der Waals surface area contributed by atoms with Gasteiger partial charge in [-0.3, -0.25) is 10.1 Å². The Balaban J connectivity index is 2.67. The lowest BCUT2D eigenvalue weighted by Gasteiger charge is -2.20. The number of amides is 1. The number of nitrogens with two attached hydrogens (primary N) is 1. The van der Waals surface area contributed by atoms with Crippen LogP contribution in [0, 0.1) is 0 Å². The van der Waals surface area contributed by atoms with Gasteiger partial charge in [0.15, 0.2) is 0 Å². The van der Waals surface area contributed by atoms with Gasteiger partial charge in [-0.15, -0.1) is 0 Å². The van der Waals surface area contributed by atoms with Crippen molar-refractivity contribution in [2.45, 2.75) is 32.4 Å². The first-order valence-electron chi connectivity index (χ1n) is 5.35. The normalized spacial score (nSPS) is 14.4. The van der Waals surface area contributed by atoms with Crippen molar-refractivity contribution in [2.24, 2.45) is 5.73 Å². The molecule has 0 fully saturated rings. The van der Waals surface area contributed by atoms with E-state index in [4.69, 9.17) is 17.3 Å². The Labute approximate surface area is 101 Å². The molecular weight excluding hydrogens is 224 g/mol. The predicted octanol–water partition coefficient (Wildman–Crippen LogP) is 2.25. The molecule has 88 valence electrons. The highest BCUT2D eigenvalue weighted by Crippen LogP contribution is 2.16. The molecule has 1 amide bonds. The monoisotopic (exact) mass is 240 g/mol. The van der Waals surface area contributed by atoms with Crippen LogP contribution in [0.5, 0.6) is 0 Å². The maximum Gasteiger partial charge on any atom is 0.234 e. The molecule has 0 aliphatic heterocycles. The van der Waals surface area contributed by atoms with Gasteiger partial charge < -0.3 is 5.73 Å². The second-order valence-corrected chi connectivity index (χ2v) is 4.24. The molecule has 1 aromatic carbocycles. The Bertz CT molecular complexity index is 351. The lowest BCUT2D eigenvalue weighted by molar-refractivity contribution is -0.120. The van der Waals surface area contributed by atoms with Crippen LogP contribution < -0.4 is 11.1 Å². The van der Waals surface area contributed by atoms with Crippen LogP contribution in [-0.4, -0.2) is 11.9 Å². The molecule has 0 saturated carbocycles.